The van der Waals surface area contributed by atoms with Gasteiger partial charge in [-0.05, 0) is 18.6 Å². The lowest BCUT2D eigenvalue weighted by atomic mass is 10.1. The topological polar surface area (TPSA) is 37.4 Å². The van der Waals surface area contributed by atoms with Crippen LogP contribution in [-0.4, -0.2) is 34.1 Å². The number of imide groups is 1. The van der Waals surface area contributed by atoms with Crippen molar-refractivity contribution in [1.29, 1.82) is 0 Å². The van der Waals surface area contributed by atoms with Gasteiger partial charge in [0.15, 0.2) is 0 Å². The number of amides is 2. The van der Waals surface area contributed by atoms with Gasteiger partial charge >= 0.3 is 0 Å². The van der Waals surface area contributed by atoms with E-state index in [1.54, 1.807) is 0 Å². The third kappa shape index (κ3) is 6.14. The average Bonchev–Trinajstić information content (AvgIpc) is 2.35. The summed E-state index contributed by atoms with van der Waals surface area (Å²) in [6, 6.07) is 0. The van der Waals surface area contributed by atoms with E-state index >= 15 is 0 Å². The number of carbonyl (C=O) groups excluding carboxylic acids is 2. The molecule has 3 nitrogen and oxygen atoms in total. The Morgan fingerprint density at radius 1 is 1.00 bits per heavy atom. The molecule has 5 heteroatoms. The highest BCUT2D eigenvalue weighted by Gasteiger charge is 2.25. The summed E-state index contributed by atoms with van der Waals surface area (Å²) in [7, 11) is 0. The molecule has 0 aromatic carbocycles. The number of rotatable bonds is 9. The van der Waals surface area contributed by atoms with E-state index in [0.717, 1.165) is 18.6 Å². The van der Waals surface area contributed by atoms with Gasteiger partial charge in [0.1, 0.15) is 0 Å². The Labute approximate surface area is 119 Å². The lowest BCUT2D eigenvalue weighted by molar-refractivity contribution is -0.127. The van der Waals surface area contributed by atoms with E-state index in [-0.39, 0.29) is 11.1 Å². The van der Waals surface area contributed by atoms with E-state index in [4.69, 9.17) is 0 Å². The van der Waals surface area contributed by atoms with Gasteiger partial charge in [0.05, 0.1) is 0 Å². The van der Waals surface area contributed by atoms with Crippen LogP contribution >= 0.6 is 24.4 Å². The Bertz CT molecular complexity index is 256. The van der Waals surface area contributed by atoms with Gasteiger partial charge in [-0.25, -0.2) is 0 Å². The monoisotopic (exact) mass is 289 g/mol. The molecular weight excluding hydrogens is 266 g/mol. The fourth-order valence-corrected chi connectivity index (χ4v) is 3.05. The van der Waals surface area contributed by atoms with Crippen LogP contribution in [0.15, 0.2) is 0 Å². The molecule has 1 heterocycles. The molecule has 0 N–H and O–H groups in total. The van der Waals surface area contributed by atoms with Gasteiger partial charge in [0, 0.05) is 18.7 Å². The smallest absolute Gasteiger partial charge is 0.274 e. The summed E-state index contributed by atoms with van der Waals surface area (Å²) in [5.41, 5.74) is 0. The standard InChI is InChI=1S/C13H23NO2S2/c15-12-8-11-18-13(16)14(12)9-6-4-2-1-3-5-7-10-17/h17H,1-11H2. The molecule has 2 amide bonds. The van der Waals surface area contributed by atoms with E-state index in [9.17, 15) is 9.59 Å². The zero-order valence-electron chi connectivity index (χ0n) is 10.9. The van der Waals surface area contributed by atoms with Crippen LogP contribution < -0.4 is 0 Å². The fraction of sp³-hybridized carbons (Fsp3) is 0.846. The van der Waals surface area contributed by atoms with Gasteiger partial charge in [-0.2, -0.15) is 12.6 Å². The first-order valence-corrected chi connectivity index (χ1v) is 8.45. The van der Waals surface area contributed by atoms with Crippen molar-refractivity contribution < 1.29 is 9.59 Å². The highest BCUT2D eigenvalue weighted by Crippen LogP contribution is 2.19. The molecule has 0 atom stereocenters. The van der Waals surface area contributed by atoms with Crippen LogP contribution in [0.3, 0.4) is 0 Å². The van der Waals surface area contributed by atoms with Crippen LogP contribution in [0.1, 0.15) is 51.4 Å². The van der Waals surface area contributed by atoms with Gasteiger partial charge in [-0.1, -0.05) is 43.9 Å². The van der Waals surface area contributed by atoms with Gasteiger partial charge in [-0.3, -0.25) is 14.5 Å². The number of nitrogens with zero attached hydrogens (tertiary/aromatic N) is 1. The van der Waals surface area contributed by atoms with E-state index in [0.29, 0.717) is 18.7 Å². The number of carbonyl (C=O) groups is 2. The molecule has 18 heavy (non-hydrogen) atoms. The van der Waals surface area contributed by atoms with Crippen molar-refractivity contribution in [3.63, 3.8) is 0 Å². The summed E-state index contributed by atoms with van der Waals surface area (Å²) >= 11 is 5.45. The highest BCUT2D eigenvalue weighted by atomic mass is 32.2. The lowest BCUT2D eigenvalue weighted by Crippen LogP contribution is -2.38. The number of hydrogen-bond donors (Lipinski definition) is 1. The Morgan fingerprint density at radius 3 is 2.22 bits per heavy atom. The van der Waals surface area contributed by atoms with Crippen LogP contribution in [0.5, 0.6) is 0 Å². The molecule has 0 aliphatic carbocycles. The predicted molar refractivity (Wildman–Crippen MR) is 80.4 cm³/mol. The first-order chi connectivity index (χ1) is 8.75. The normalized spacial score (nSPS) is 16.4. The zero-order chi connectivity index (χ0) is 13.2. The molecule has 0 unspecified atom stereocenters. The second kappa shape index (κ2) is 9.73. The maximum atomic E-state index is 11.5. The molecule has 0 aromatic heterocycles. The van der Waals surface area contributed by atoms with E-state index in [1.807, 2.05) is 0 Å². The van der Waals surface area contributed by atoms with E-state index in [1.165, 1.54) is 48.8 Å². The number of thioether (sulfide) groups is 1. The molecule has 1 fully saturated rings. The number of hydrogen-bond acceptors (Lipinski definition) is 4. The molecule has 1 aliphatic rings. The zero-order valence-corrected chi connectivity index (χ0v) is 12.6. The molecule has 0 radical (unpaired) electrons. The summed E-state index contributed by atoms with van der Waals surface area (Å²) in [6.45, 7) is 0.612. The van der Waals surface area contributed by atoms with E-state index in [2.05, 4.69) is 12.6 Å². The molecule has 0 spiro atoms. The van der Waals surface area contributed by atoms with Crippen molar-refractivity contribution in [3.8, 4) is 0 Å². The third-order valence-electron chi connectivity index (χ3n) is 3.10. The largest absolute Gasteiger partial charge is 0.288 e. The first kappa shape index (κ1) is 15.9. The first-order valence-electron chi connectivity index (χ1n) is 6.83. The van der Waals surface area contributed by atoms with Crippen LogP contribution in [0.2, 0.25) is 0 Å². The van der Waals surface area contributed by atoms with Gasteiger partial charge in [0.2, 0.25) is 5.91 Å². The summed E-state index contributed by atoms with van der Waals surface area (Å²) < 4.78 is 0. The lowest BCUT2D eigenvalue weighted by Gasteiger charge is -2.23. The Balaban J connectivity index is 2.00. The van der Waals surface area contributed by atoms with Gasteiger partial charge in [0.25, 0.3) is 5.24 Å². The molecule has 0 bridgehead atoms. The van der Waals surface area contributed by atoms with Gasteiger partial charge in [-0.15, -0.1) is 0 Å². The summed E-state index contributed by atoms with van der Waals surface area (Å²) in [4.78, 5) is 24.5. The molecule has 0 saturated carbocycles. The molecule has 0 aromatic rings. The highest BCUT2D eigenvalue weighted by molar-refractivity contribution is 8.13. The maximum Gasteiger partial charge on any atom is 0.288 e. The van der Waals surface area contributed by atoms with Crippen molar-refractivity contribution in [3.05, 3.63) is 0 Å². The van der Waals surface area contributed by atoms with Crippen LogP contribution in [-0.2, 0) is 4.79 Å². The van der Waals surface area contributed by atoms with Crippen molar-refractivity contribution in [2.24, 2.45) is 0 Å². The van der Waals surface area contributed by atoms with Crippen molar-refractivity contribution in [2.45, 2.75) is 51.4 Å². The second-order valence-corrected chi connectivity index (χ2v) is 6.10. The molecular formula is C13H23NO2S2. The Kier molecular flexibility index (Phi) is 8.59. The Morgan fingerprint density at radius 2 is 1.61 bits per heavy atom. The maximum absolute atomic E-state index is 11.5. The van der Waals surface area contributed by atoms with E-state index < -0.39 is 0 Å². The summed E-state index contributed by atoms with van der Waals surface area (Å²) in [5, 5.41) is -0.0555. The van der Waals surface area contributed by atoms with Crippen molar-refractivity contribution in [1.82, 2.24) is 4.90 Å². The van der Waals surface area contributed by atoms with Crippen molar-refractivity contribution >= 4 is 35.5 Å². The van der Waals surface area contributed by atoms with Gasteiger partial charge < -0.3 is 0 Å². The molecule has 1 rings (SSSR count). The quantitative estimate of drug-likeness (QED) is 0.519. The minimum absolute atomic E-state index is 0.00697. The minimum Gasteiger partial charge on any atom is -0.274 e. The predicted octanol–water partition coefficient (Wildman–Crippen LogP) is 3.73. The fourth-order valence-electron chi connectivity index (χ4n) is 2.02. The van der Waals surface area contributed by atoms with Crippen LogP contribution in [0, 0.1) is 0 Å². The summed E-state index contributed by atoms with van der Waals surface area (Å²) in [5.74, 6) is 1.64. The molecule has 1 saturated heterocycles. The average molecular weight is 289 g/mol. The summed E-state index contributed by atoms with van der Waals surface area (Å²) in [6.07, 6.45) is 8.78. The molecule has 1 aliphatic heterocycles. The second-order valence-electron chi connectivity index (χ2n) is 4.61. The van der Waals surface area contributed by atoms with Crippen molar-refractivity contribution in [2.75, 3.05) is 18.1 Å². The number of unbranched alkanes of at least 4 members (excludes halogenated alkanes) is 6. The van der Waals surface area contributed by atoms with Crippen LogP contribution in [0.4, 0.5) is 4.79 Å². The SMILES string of the molecule is O=C1CCSC(=O)N1CCCCCCCCCS. The number of thiol groups is 1. The van der Waals surface area contributed by atoms with Crippen LogP contribution in [0.25, 0.3) is 0 Å². The third-order valence-corrected chi connectivity index (χ3v) is 4.29. The minimum atomic E-state index is -0.0555. The Hall–Kier alpha value is -0.160. The molecule has 104 valence electrons.